The molecule has 0 atom stereocenters. The fraction of sp³-hybridized carbons (Fsp3) is 0.160. The Bertz CT molecular complexity index is 1260. The van der Waals surface area contributed by atoms with Crippen LogP contribution >= 0.6 is 0 Å². The number of carbonyl (C=O) groups excluding carboxylic acids is 1. The highest BCUT2D eigenvalue weighted by Crippen LogP contribution is 2.23. The quantitative estimate of drug-likeness (QED) is 0.544. The SMILES string of the molecule is C#CCOc1ccc(N(C)C(=O)c2ccc(S(=O)(=O)Nc3cccc(C)c3C)cc2)cc1. The molecule has 0 unspecified atom stereocenters. The maximum atomic E-state index is 12.8. The van der Waals surface area contributed by atoms with Crippen LogP contribution < -0.4 is 14.4 Å². The van der Waals surface area contributed by atoms with E-state index in [1.165, 1.54) is 29.2 Å². The molecule has 1 amide bonds. The number of aryl methyl sites for hydroxylation is 1. The van der Waals surface area contributed by atoms with Crippen molar-refractivity contribution in [1.29, 1.82) is 0 Å². The van der Waals surface area contributed by atoms with Crippen LogP contribution in [0.15, 0.2) is 71.6 Å². The van der Waals surface area contributed by atoms with E-state index in [1.54, 1.807) is 43.4 Å². The van der Waals surface area contributed by atoms with Crippen molar-refractivity contribution in [2.75, 3.05) is 23.3 Å². The molecule has 0 radical (unpaired) electrons. The summed E-state index contributed by atoms with van der Waals surface area (Å²) in [6, 6.07) is 18.2. The van der Waals surface area contributed by atoms with Gasteiger partial charge in [0.1, 0.15) is 12.4 Å². The molecule has 0 saturated carbocycles. The summed E-state index contributed by atoms with van der Waals surface area (Å²) >= 11 is 0. The number of nitrogens with zero attached hydrogens (tertiary/aromatic N) is 1. The number of carbonyl (C=O) groups is 1. The lowest BCUT2D eigenvalue weighted by atomic mass is 10.1. The molecule has 32 heavy (non-hydrogen) atoms. The topological polar surface area (TPSA) is 75.7 Å². The number of sulfonamides is 1. The zero-order valence-electron chi connectivity index (χ0n) is 18.1. The molecule has 7 heteroatoms. The van der Waals surface area contributed by atoms with Gasteiger partial charge in [-0.15, -0.1) is 6.42 Å². The second kappa shape index (κ2) is 9.58. The summed E-state index contributed by atoms with van der Waals surface area (Å²) in [5, 5.41) is 0. The van der Waals surface area contributed by atoms with Gasteiger partial charge in [0.2, 0.25) is 0 Å². The Morgan fingerprint density at radius 1 is 1.03 bits per heavy atom. The molecule has 0 heterocycles. The minimum atomic E-state index is -3.78. The number of nitrogens with one attached hydrogen (secondary N) is 1. The first-order valence-electron chi connectivity index (χ1n) is 9.86. The van der Waals surface area contributed by atoms with E-state index in [0.29, 0.717) is 22.7 Å². The van der Waals surface area contributed by atoms with E-state index in [4.69, 9.17) is 11.2 Å². The molecule has 0 aliphatic rings. The van der Waals surface area contributed by atoms with Gasteiger partial charge in [0.05, 0.1) is 10.6 Å². The number of anilines is 2. The lowest BCUT2D eigenvalue weighted by Crippen LogP contribution is -2.26. The normalized spacial score (nSPS) is 10.8. The lowest BCUT2D eigenvalue weighted by molar-refractivity contribution is 0.0993. The maximum Gasteiger partial charge on any atom is 0.261 e. The molecule has 0 aliphatic heterocycles. The third-order valence-electron chi connectivity index (χ3n) is 5.11. The van der Waals surface area contributed by atoms with Crippen LogP contribution in [0.1, 0.15) is 21.5 Å². The summed E-state index contributed by atoms with van der Waals surface area (Å²) in [4.78, 5) is 14.4. The van der Waals surface area contributed by atoms with Gasteiger partial charge in [-0.1, -0.05) is 18.1 Å². The summed E-state index contributed by atoms with van der Waals surface area (Å²) in [6.07, 6.45) is 5.18. The van der Waals surface area contributed by atoms with E-state index in [-0.39, 0.29) is 17.4 Å². The minimum Gasteiger partial charge on any atom is -0.481 e. The number of amides is 1. The lowest BCUT2D eigenvalue weighted by Gasteiger charge is -2.18. The third-order valence-corrected chi connectivity index (χ3v) is 6.49. The van der Waals surface area contributed by atoms with Crippen molar-refractivity contribution < 1.29 is 17.9 Å². The molecule has 0 spiro atoms. The predicted molar refractivity (Wildman–Crippen MR) is 127 cm³/mol. The Balaban J connectivity index is 1.74. The second-order valence-corrected chi connectivity index (χ2v) is 8.91. The van der Waals surface area contributed by atoms with E-state index in [0.717, 1.165) is 11.1 Å². The number of terminal acetylenes is 1. The van der Waals surface area contributed by atoms with Gasteiger partial charge in [-0.2, -0.15) is 0 Å². The molecular formula is C25H24N2O4S. The molecular weight excluding hydrogens is 424 g/mol. The van der Waals surface area contributed by atoms with Crippen molar-refractivity contribution in [1.82, 2.24) is 0 Å². The molecule has 3 aromatic carbocycles. The van der Waals surface area contributed by atoms with Gasteiger partial charge < -0.3 is 9.64 Å². The molecule has 3 aromatic rings. The molecule has 1 N–H and O–H groups in total. The van der Waals surface area contributed by atoms with Crippen LogP contribution in [0.5, 0.6) is 5.75 Å². The standard InChI is InChI=1S/C25H24N2O4S/c1-5-17-31-22-13-11-21(12-14-22)27(4)25(28)20-9-15-23(16-10-20)32(29,30)26-24-8-6-7-18(2)19(24)3/h1,6-16,26H,17H2,2-4H3. The number of hydrogen-bond acceptors (Lipinski definition) is 4. The summed E-state index contributed by atoms with van der Waals surface area (Å²) < 4.78 is 33.5. The van der Waals surface area contributed by atoms with Crippen LogP contribution in [0.2, 0.25) is 0 Å². The molecule has 0 bridgehead atoms. The van der Waals surface area contributed by atoms with Crippen molar-refractivity contribution in [3.8, 4) is 18.1 Å². The third kappa shape index (κ3) is 5.10. The second-order valence-electron chi connectivity index (χ2n) is 7.23. The highest BCUT2D eigenvalue weighted by Gasteiger charge is 2.18. The van der Waals surface area contributed by atoms with Crippen LogP contribution in [0.25, 0.3) is 0 Å². The predicted octanol–water partition coefficient (Wildman–Crippen LogP) is 4.39. The van der Waals surface area contributed by atoms with Gasteiger partial charge in [-0.3, -0.25) is 9.52 Å². The van der Waals surface area contributed by atoms with Crippen LogP contribution in [0.3, 0.4) is 0 Å². The largest absolute Gasteiger partial charge is 0.481 e. The highest BCUT2D eigenvalue weighted by atomic mass is 32.2. The zero-order chi connectivity index (χ0) is 23.3. The first kappa shape index (κ1) is 22.9. The van der Waals surface area contributed by atoms with Crippen molar-refractivity contribution in [2.45, 2.75) is 18.7 Å². The van der Waals surface area contributed by atoms with Gasteiger partial charge in [0, 0.05) is 18.3 Å². The number of hydrogen-bond donors (Lipinski definition) is 1. The van der Waals surface area contributed by atoms with Gasteiger partial charge in [-0.25, -0.2) is 8.42 Å². The van der Waals surface area contributed by atoms with Crippen molar-refractivity contribution >= 4 is 27.3 Å². The smallest absolute Gasteiger partial charge is 0.261 e. The van der Waals surface area contributed by atoms with Crippen LogP contribution in [-0.2, 0) is 10.0 Å². The number of rotatable bonds is 7. The zero-order valence-corrected chi connectivity index (χ0v) is 18.9. The van der Waals surface area contributed by atoms with Crippen molar-refractivity contribution in [3.05, 3.63) is 83.4 Å². The molecule has 3 rings (SSSR count). The Morgan fingerprint density at radius 2 is 1.69 bits per heavy atom. The maximum absolute atomic E-state index is 12.8. The first-order valence-corrected chi connectivity index (χ1v) is 11.3. The Hall–Kier alpha value is -3.76. The fourth-order valence-corrected chi connectivity index (χ4v) is 4.17. The van der Waals surface area contributed by atoms with Crippen molar-refractivity contribution in [2.24, 2.45) is 0 Å². The molecule has 0 aliphatic carbocycles. The minimum absolute atomic E-state index is 0.0765. The number of benzene rings is 3. The monoisotopic (exact) mass is 448 g/mol. The number of ether oxygens (including phenoxy) is 1. The summed E-state index contributed by atoms with van der Waals surface area (Å²) in [7, 11) is -2.14. The van der Waals surface area contributed by atoms with Crippen molar-refractivity contribution in [3.63, 3.8) is 0 Å². The first-order chi connectivity index (χ1) is 15.2. The van der Waals surface area contributed by atoms with E-state index in [2.05, 4.69) is 10.6 Å². The fourth-order valence-electron chi connectivity index (χ4n) is 3.04. The Kier molecular flexibility index (Phi) is 6.86. The molecule has 0 fully saturated rings. The molecule has 0 saturated heterocycles. The average Bonchev–Trinajstić information content (AvgIpc) is 2.80. The highest BCUT2D eigenvalue weighted by molar-refractivity contribution is 7.92. The van der Waals surface area contributed by atoms with Crippen LogP contribution in [0, 0.1) is 26.2 Å². The van der Waals surface area contributed by atoms with Gasteiger partial charge >= 0.3 is 0 Å². The van der Waals surface area contributed by atoms with E-state index in [9.17, 15) is 13.2 Å². The average molecular weight is 449 g/mol. The summed E-state index contributed by atoms with van der Waals surface area (Å²) in [5.74, 6) is 2.73. The van der Waals surface area contributed by atoms with E-state index >= 15 is 0 Å². The van der Waals surface area contributed by atoms with Gasteiger partial charge in [-0.05, 0) is 79.6 Å². The Labute approximate surface area is 188 Å². The van der Waals surface area contributed by atoms with Gasteiger partial charge in [0.15, 0.2) is 0 Å². The van der Waals surface area contributed by atoms with E-state index in [1.807, 2.05) is 19.9 Å². The van der Waals surface area contributed by atoms with E-state index < -0.39 is 10.0 Å². The molecule has 6 nitrogen and oxygen atoms in total. The van der Waals surface area contributed by atoms with Crippen LogP contribution in [0.4, 0.5) is 11.4 Å². The summed E-state index contributed by atoms with van der Waals surface area (Å²) in [5.41, 5.74) is 3.41. The molecule has 164 valence electrons. The molecule has 0 aromatic heterocycles. The Morgan fingerprint density at radius 3 is 2.31 bits per heavy atom. The summed E-state index contributed by atoms with van der Waals surface area (Å²) in [6.45, 7) is 3.95. The van der Waals surface area contributed by atoms with Gasteiger partial charge in [0.25, 0.3) is 15.9 Å². The van der Waals surface area contributed by atoms with Crippen LogP contribution in [-0.4, -0.2) is 28.0 Å².